The Balaban J connectivity index is 1.60. The summed E-state index contributed by atoms with van der Waals surface area (Å²) in [5.74, 6) is 0.953. The van der Waals surface area contributed by atoms with Crippen molar-refractivity contribution < 1.29 is 9.53 Å². The number of likely N-dealkylation sites (tertiary alicyclic amines) is 1. The van der Waals surface area contributed by atoms with Gasteiger partial charge in [-0.15, -0.1) is 0 Å². The number of hydrogen-bond acceptors (Lipinski definition) is 3. The average Bonchev–Trinajstić information content (AvgIpc) is 3.23. The number of amides is 1. The van der Waals surface area contributed by atoms with E-state index in [1.807, 2.05) is 54.3 Å². The Hall–Kier alpha value is -3.14. The number of benzene rings is 2. The molecule has 0 bridgehead atoms. The van der Waals surface area contributed by atoms with Gasteiger partial charge in [0.05, 0.1) is 18.8 Å². The molecular weight excluding hydrogens is 360 g/mol. The minimum Gasteiger partial charge on any atom is -0.497 e. The van der Waals surface area contributed by atoms with Crippen LogP contribution in [0.5, 0.6) is 5.75 Å². The number of hydrogen-bond donors (Lipinski definition) is 0. The summed E-state index contributed by atoms with van der Waals surface area (Å²) in [6.07, 6.45) is 2.77. The summed E-state index contributed by atoms with van der Waals surface area (Å²) in [5, 5.41) is 0. The van der Waals surface area contributed by atoms with Crippen LogP contribution in [0.1, 0.15) is 51.8 Å². The van der Waals surface area contributed by atoms with Gasteiger partial charge < -0.3 is 9.64 Å². The molecule has 2 heterocycles. The molecule has 0 saturated carbocycles. The SMILES string of the molecule is COc1cccc(Cc2cc(C)nc(C3CCCN3C(=O)c3ccccc3)c2)c1. The lowest BCUT2D eigenvalue weighted by atomic mass is 10.0. The molecule has 1 fully saturated rings. The summed E-state index contributed by atoms with van der Waals surface area (Å²) in [4.78, 5) is 19.8. The molecule has 4 rings (SSSR count). The van der Waals surface area contributed by atoms with Crippen molar-refractivity contribution in [1.29, 1.82) is 0 Å². The van der Waals surface area contributed by atoms with Crippen LogP contribution in [0.15, 0.2) is 66.7 Å². The summed E-state index contributed by atoms with van der Waals surface area (Å²) in [6, 6.07) is 22.0. The second-order valence-corrected chi connectivity index (χ2v) is 7.59. The minimum absolute atomic E-state index is 0.0339. The van der Waals surface area contributed by atoms with E-state index in [-0.39, 0.29) is 11.9 Å². The van der Waals surface area contributed by atoms with Crippen molar-refractivity contribution >= 4 is 5.91 Å². The lowest BCUT2D eigenvalue weighted by Gasteiger charge is -2.25. The van der Waals surface area contributed by atoms with Crippen molar-refractivity contribution in [3.05, 3.63) is 94.8 Å². The highest BCUT2D eigenvalue weighted by molar-refractivity contribution is 5.94. The summed E-state index contributed by atoms with van der Waals surface area (Å²) in [5.41, 5.74) is 5.12. The van der Waals surface area contributed by atoms with E-state index in [2.05, 4.69) is 24.3 Å². The number of rotatable bonds is 5. The summed E-state index contributed by atoms with van der Waals surface area (Å²) in [6.45, 7) is 2.80. The maximum Gasteiger partial charge on any atom is 0.254 e. The summed E-state index contributed by atoms with van der Waals surface area (Å²) >= 11 is 0. The van der Waals surface area contributed by atoms with Gasteiger partial charge in [0.1, 0.15) is 5.75 Å². The Morgan fingerprint density at radius 2 is 1.90 bits per heavy atom. The summed E-state index contributed by atoms with van der Waals surface area (Å²) in [7, 11) is 1.69. The topological polar surface area (TPSA) is 42.4 Å². The van der Waals surface area contributed by atoms with Gasteiger partial charge in [0.25, 0.3) is 5.91 Å². The Kier molecular flexibility index (Phi) is 5.61. The Morgan fingerprint density at radius 3 is 2.69 bits per heavy atom. The Bertz CT molecular complexity index is 1000. The van der Waals surface area contributed by atoms with E-state index in [0.29, 0.717) is 0 Å². The molecule has 1 aliphatic heterocycles. The molecule has 4 heteroatoms. The molecule has 1 aliphatic rings. The van der Waals surface area contributed by atoms with Crippen LogP contribution in [0.3, 0.4) is 0 Å². The van der Waals surface area contributed by atoms with E-state index in [9.17, 15) is 4.79 Å². The predicted octanol–water partition coefficient (Wildman–Crippen LogP) is 4.97. The van der Waals surface area contributed by atoms with Crippen molar-refractivity contribution in [3.63, 3.8) is 0 Å². The second-order valence-electron chi connectivity index (χ2n) is 7.59. The van der Waals surface area contributed by atoms with E-state index in [4.69, 9.17) is 9.72 Å². The number of ether oxygens (including phenoxy) is 1. The second kappa shape index (κ2) is 8.48. The highest BCUT2D eigenvalue weighted by Crippen LogP contribution is 2.33. The van der Waals surface area contributed by atoms with Crippen molar-refractivity contribution in [2.45, 2.75) is 32.2 Å². The normalized spacial score (nSPS) is 16.1. The molecule has 148 valence electrons. The standard InChI is InChI=1S/C25H26N2O2/c1-18-14-20(15-19-8-6-11-22(16-19)29-2)17-23(26-18)24-12-7-13-27(24)25(28)21-9-4-3-5-10-21/h3-6,8-11,14,16-17,24H,7,12-13,15H2,1-2H3. The first-order chi connectivity index (χ1) is 14.1. The van der Waals surface area contributed by atoms with Gasteiger partial charge in [0.2, 0.25) is 0 Å². The quantitative estimate of drug-likeness (QED) is 0.622. The molecule has 1 unspecified atom stereocenters. The van der Waals surface area contributed by atoms with Crippen LogP contribution in [0, 0.1) is 6.92 Å². The zero-order valence-corrected chi connectivity index (χ0v) is 17.0. The maximum atomic E-state index is 13.0. The molecule has 0 N–H and O–H groups in total. The van der Waals surface area contributed by atoms with E-state index in [0.717, 1.165) is 48.5 Å². The number of aromatic nitrogens is 1. The number of aryl methyl sites for hydroxylation is 1. The first kappa shape index (κ1) is 19.2. The molecule has 1 amide bonds. The van der Waals surface area contributed by atoms with Crippen LogP contribution in [-0.4, -0.2) is 29.4 Å². The molecular formula is C25H26N2O2. The smallest absolute Gasteiger partial charge is 0.254 e. The van der Waals surface area contributed by atoms with E-state index in [1.165, 1.54) is 11.1 Å². The van der Waals surface area contributed by atoms with E-state index in [1.54, 1.807) is 7.11 Å². The number of pyridine rings is 1. The first-order valence-electron chi connectivity index (χ1n) is 10.1. The van der Waals surface area contributed by atoms with Crippen molar-refractivity contribution in [2.24, 2.45) is 0 Å². The molecule has 0 spiro atoms. The molecule has 1 atom stereocenters. The van der Waals surface area contributed by atoms with Gasteiger partial charge in [-0.3, -0.25) is 9.78 Å². The molecule has 0 aliphatic carbocycles. The number of methoxy groups -OCH3 is 1. The third-order valence-electron chi connectivity index (χ3n) is 5.45. The third kappa shape index (κ3) is 4.32. The molecule has 29 heavy (non-hydrogen) atoms. The van der Waals surface area contributed by atoms with Gasteiger partial charge in [0, 0.05) is 17.8 Å². The number of carbonyl (C=O) groups excluding carboxylic acids is 1. The van der Waals surface area contributed by atoms with Crippen LogP contribution in [-0.2, 0) is 6.42 Å². The van der Waals surface area contributed by atoms with E-state index < -0.39 is 0 Å². The minimum atomic E-state index is 0.0339. The van der Waals surface area contributed by atoms with Crippen LogP contribution in [0.25, 0.3) is 0 Å². The van der Waals surface area contributed by atoms with Gasteiger partial charge in [0.15, 0.2) is 0 Å². The molecule has 1 aromatic heterocycles. The van der Waals surface area contributed by atoms with Gasteiger partial charge >= 0.3 is 0 Å². The highest BCUT2D eigenvalue weighted by Gasteiger charge is 2.31. The largest absolute Gasteiger partial charge is 0.497 e. The van der Waals surface area contributed by atoms with Crippen molar-refractivity contribution in [3.8, 4) is 5.75 Å². The van der Waals surface area contributed by atoms with Crippen LogP contribution in [0.4, 0.5) is 0 Å². The average molecular weight is 386 g/mol. The van der Waals surface area contributed by atoms with Gasteiger partial charge in [-0.1, -0.05) is 30.3 Å². The fourth-order valence-electron chi connectivity index (χ4n) is 4.12. The third-order valence-corrected chi connectivity index (χ3v) is 5.45. The fraction of sp³-hybridized carbons (Fsp3) is 0.280. The lowest BCUT2D eigenvalue weighted by Crippen LogP contribution is -2.31. The fourth-order valence-corrected chi connectivity index (χ4v) is 4.12. The summed E-state index contributed by atoms with van der Waals surface area (Å²) < 4.78 is 5.35. The first-order valence-corrected chi connectivity index (χ1v) is 10.1. The van der Waals surface area contributed by atoms with Crippen LogP contribution < -0.4 is 4.74 Å². The Morgan fingerprint density at radius 1 is 1.07 bits per heavy atom. The molecule has 3 aromatic rings. The van der Waals surface area contributed by atoms with Gasteiger partial charge in [-0.2, -0.15) is 0 Å². The zero-order valence-electron chi connectivity index (χ0n) is 17.0. The van der Waals surface area contributed by atoms with Gasteiger partial charge in [-0.05, 0) is 73.7 Å². The zero-order chi connectivity index (χ0) is 20.2. The molecule has 2 aromatic carbocycles. The molecule has 0 radical (unpaired) electrons. The highest BCUT2D eigenvalue weighted by atomic mass is 16.5. The number of nitrogens with zero attached hydrogens (tertiary/aromatic N) is 2. The number of carbonyl (C=O) groups is 1. The van der Waals surface area contributed by atoms with Crippen LogP contribution in [0.2, 0.25) is 0 Å². The molecule has 1 saturated heterocycles. The van der Waals surface area contributed by atoms with E-state index >= 15 is 0 Å². The van der Waals surface area contributed by atoms with Crippen molar-refractivity contribution in [1.82, 2.24) is 9.88 Å². The predicted molar refractivity (Wildman–Crippen MR) is 114 cm³/mol. The lowest BCUT2D eigenvalue weighted by molar-refractivity contribution is 0.0732. The monoisotopic (exact) mass is 386 g/mol. The molecule has 4 nitrogen and oxygen atoms in total. The van der Waals surface area contributed by atoms with Gasteiger partial charge in [-0.25, -0.2) is 0 Å². The van der Waals surface area contributed by atoms with Crippen LogP contribution >= 0.6 is 0 Å². The van der Waals surface area contributed by atoms with Crippen molar-refractivity contribution in [2.75, 3.05) is 13.7 Å². The Labute approximate surface area is 172 Å². The maximum absolute atomic E-state index is 13.0.